The first-order valence-electron chi connectivity index (χ1n) is 4.90. The molecule has 0 saturated heterocycles. The van der Waals surface area contributed by atoms with Crippen molar-refractivity contribution >= 4 is 49.3 Å². The van der Waals surface area contributed by atoms with Crippen LogP contribution in [0, 0.1) is 0 Å². The van der Waals surface area contributed by atoms with Gasteiger partial charge in [-0.15, -0.1) is 0 Å². The molecule has 2 aromatic heterocycles. The molecule has 0 spiro atoms. The van der Waals surface area contributed by atoms with Crippen LogP contribution in [0.5, 0.6) is 0 Å². The standard InChI is InChI=1S/C11H8Br2N4O/c12-6-1-2-9(15-4-6)11(18)17-10-8(13)3-7(14)5-16-10/h1-5H,14H2,(H,16,17,18). The van der Waals surface area contributed by atoms with Crippen LogP contribution in [0.25, 0.3) is 0 Å². The first kappa shape index (κ1) is 13.0. The summed E-state index contributed by atoms with van der Waals surface area (Å²) >= 11 is 6.53. The second kappa shape index (κ2) is 5.45. The van der Waals surface area contributed by atoms with Crippen LogP contribution in [-0.4, -0.2) is 15.9 Å². The van der Waals surface area contributed by atoms with E-state index in [-0.39, 0.29) is 5.91 Å². The van der Waals surface area contributed by atoms with Crippen molar-refractivity contribution in [3.63, 3.8) is 0 Å². The molecule has 1 amide bonds. The van der Waals surface area contributed by atoms with E-state index in [1.165, 1.54) is 6.20 Å². The molecule has 2 aromatic rings. The maximum Gasteiger partial charge on any atom is 0.275 e. The van der Waals surface area contributed by atoms with Gasteiger partial charge in [0, 0.05) is 10.7 Å². The zero-order chi connectivity index (χ0) is 13.1. The van der Waals surface area contributed by atoms with Gasteiger partial charge in [0.1, 0.15) is 11.5 Å². The summed E-state index contributed by atoms with van der Waals surface area (Å²) in [6.07, 6.45) is 3.02. The molecular weight excluding hydrogens is 364 g/mol. The Morgan fingerprint density at radius 3 is 2.61 bits per heavy atom. The Balaban J connectivity index is 2.18. The van der Waals surface area contributed by atoms with Gasteiger partial charge in [-0.1, -0.05) is 0 Å². The number of nitrogens with two attached hydrogens (primary N) is 1. The molecule has 3 N–H and O–H groups in total. The number of amides is 1. The van der Waals surface area contributed by atoms with Gasteiger partial charge in [0.25, 0.3) is 5.91 Å². The van der Waals surface area contributed by atoms with Crippen LogP contribution < -0.4 is 11.1 Å². The van der Waals surface area contributed by atoms with Gasteiger partial charge in [0.05, 0.1) is 16.4 Å². The summed E-state index contributed by atoms with van der Waals surface area (Å²) in [5.41, 5.74) is 6.39. The van der Waals surface area contributed by atoms with E-state index in [2.05, 4.69) is 47.1 Å². The van der Waals surface area contributed by atoms with E-state index in [9.17, 15) is 4.79 Å². The van der Waals surface area contributed by atoms with Crippen molar-refractivity contribution < 1.29 is 4.79 Å². The molecule has 2 rings (SSSR count). The number of nitrogens with zero attached hydrogens (tertiary/aromatic N) is 2. The van der Waals surface area contributed by atoms with Crippen molar-refractivity contribution in [3.8, 4) is 0 Å². The van der Waals surface area contributed by atoms with Crippen LogP contribution in [0.15, 0.2) is 39.5 Å². The number of carbonyl (C=O) groups excluding carboxylic acids is 1. The molecular formula is C11H8Br2N4O. The average Bonchev–Trinajstić information content (AvgIpc) is 2.33. The van der Waals surface area contributed by atoms with E-state index in [4.69, 9.17) is 5.73 Å². The highest BCUT2D eigenvalue weighted by molar-refractivity contribution is 9.10. The smallest absolute Gasteiger partial charge is 0.275 e. The van der Waals surface area contributed by atoms with Crippen molar-refractivity contribution in [3.05, 3.63) is 45.2 Å². The SMILES string of the molecule is Nc1cnc(NC(=O)c2ccc(Br)cn2)c(Br)c1. The van der Waals surface area contributed by atoms with Crippen molar-refractivity contribution in [1.82, 2.24) is 9.97 Å². The topological polar surface area (TPSA) is 80.9 Å². The number of carbonyl (C=O) groups is 1. The number of hydrogen-bond acceptors (Lipinski definition) is 4. The van der Waals surface area contributed by atoms with Gasteiger partial charge in [-0.3, -0.25) is 4.79 Å². The van der Waals surface area contributed by atoms with Crippen molar-refractivity contribution in [2.24, 2.45) is 0 Å². The first-order chi connectivity index (χ1) is 8.56. The molecule has 0 fully saturated rings. The maximum atomic E-state index is 11.9. The second-order valence-electron chi connectivity index (χ2n) is 3.41. The summed E-state index contributed by atoms with van der Waals surface area (Å²) in [4.78, 5) is 19.9. The molecule has 0 bridgehead atoms. The van der Waals surface area contributed by atoms with Gasteiger partial charge in [0.2, 0.25) is 0 Å². The molecule has 0 unspecified atom stereocenters. The van der Waals surface area contributed by atoms with Gasteiger partial charge < -0.3 is 11.1 Å². The summed E-state index contributed by atoms with van der Waals surface area (Å²) in [7, 11) is 0. The Morgan fingerprint density at radius 2 is 2.00 bits per heavy atom. The zero-order valence-electron chi connectivity index (χ0n) is 9.02. The fourth-order valence-electron chi connectivity index (χ4n) is 1.23. The number of pyridine rings is 2. The molecule has 0 radical (unpaired) electrons. The van der Waals surface area contributed by atoms with Crippen molar-refractivity contribution in [2.75, 3.05) is 11.1 Å². The Hall–Kier alpha value is -1.47. The molecule has 2 heterocycles. The van der Waals surface area contributed by atoms with E-state index in [1.807, 2.05) is 0 Å². The third-order valence-electron chi connectivity index (χ3n) is 2.05. The Kier molecular flexibility index (Phi) is 3.93. The van der Waals surface area contributed by atoms with Crippen LogP contribution in [0.3, 0.4) is 0 Å². The van der Waals surface area contributed by atoms with Crippen molar-refractivity contribution in [1.29, 1.82) is 0 Å². The molecule has 0 aliphatic heterocycles. The number of anilines is 2. The number of aromatic nitrogens is 2. The van der Waals surface area contributed by atoms with Gasteiger partial charge in [-0.2, -0.15) is 0 Å². The molecule has 0 saturated carbocycles. The minimum Gasteiger partial charge on any atom is -0.397 e. The largest absolute Gasteiger partial charge is 0.397 e. The highest BCUT2D eigenvalue weighted by Gasteiger charge is 2.10. The molecule has 5 nitrogen and oxygen atoms in total. The average molecular weight is 372 g/mol. The molecule has 18 heavy (non-hydrogen) atoms. The predicted molar refractivity (Wildman–Crippen MR) is 76.2 cm³/mol. The fourth-order valence-corrected chi connectivity index (χ4v) is 1.93. The van der Waals surface area contributed by atoms with Gasteiger partial charge in [-0.05, 0) is 50.1 Å². The highest BCUT2D eigenvalue weighted by atomic mass is 79.9. The van der Waals surface area contributed by atoms with Crippen LogP contribution in [-0.2, 0) is 0 Å². The summed E-state index contributed by atoms with van der Waals surface area (Å²) in [6, 6.07) is 5.02. The summed E-state index contributed by atoms with van der Waals surface area (Å²) < 4.78 is 1.43. The predicted octanol–water partition coefficient (Wildman–Crippen LogP) is 2.84. The molecule has 0 aliphatic carbocycles. The van der Waals surface area contributed by atoms with E-state index < -0.39 is 0 Å². The molecule has 0 aliphatic rings. The van der Waals surface area contributed by atoms with E-state index in [0.717, 1.165) is 4.47 Å². The molecule has 92 valence electrons. The number of nitrogens with one attached hydrogen (secondary N) is 1. The lowest BCUT2D eigenvalue weighted by Gasteiger charge is -2.06. The van der Waals surface area contributed by atoms with E-state index >= 15 is 0 Å². The van der Waals surface area contributed by atoms with Crippen molar-refractivity contribution in [2.45, 2.75) is 0 Å². The Morgan fingerprint density at radius 1 is 1.22 bits per heavy atom. The lowest BCUT2D eigenvalue weighted by Crippen LogP contribution is -2.14. The maximum absolute atomic E-state index is 11.9. The summed E-state index contributed by atoms with van der Waals surface area (Å²) in [6.45, 7) is 0. The quantitative estimate of drug-likeness (QED) is 0.850. The second-order valence-corrected chi connectivity index (χ2v) is 5.18. The highest BCUT2D eigenvalue weighted by Crippen LogP contribution is 2.22. The third-order valence-corrected chi connectivity index (χ3v) is 3.13. The third kappa shape index (κ3) is 3.05. The fraction of sp³-hybridized carbons (Fsp3) is 0. The molecule has 7 heteroatoms. The van der Waals surface area contributed by atoms with Crippen LogP contribution >= 0.6 is 31.9 Å². The van der Waals surface area contributed by atoms with Crippen LogP contribution in [0.1, 0.15) is 10.5 Å². The number of rotatable bonds is 2. The zero-order valence-corrected chi connectivity index (χ0v) is 12.2. The van der Waals surface area contributed by atoms with E-state index in [0.29, 0.717) is 21.7 Å². The van der Waals surface area contributed by atoms with Gasteiger partial charge in [-0.25, -0.2) is 9.97 Å². The Bertz CT molecular complexity index is 586. The number of nitrogen functional groups attached to an aromatic ring is 1. The minimum absolute atomic E-state index is 0.309. The van der Waals surface area contributed by atoms with Crippen LogP contribution in [0.2, 0.25) is 0 Å². The molecule has 0 atom stereocenters. The van der Waals surface area contributed by atoms with Crippen LogP contribution in [0.4, 0.5) is 11.5 Å². The lowest BCUT2D eigenvalue weighted by atomic mass is 10.3. The van der Waals surface area contributed by atoms with E-state index in [1.54, 1.807) is 24.4 Å². The van der Waals surface area contributed by atoms with Gasteiger partial charge >= 0.3 is 0 Å². The number of halogens is 2. The minimum atomic E-state index is -0.333. The summed E-state index contributed by atoms with van der Waals surface area (Å²) in [5, 5.41) is 2.64. The lowest BCUT2D eigenvalue weighted by molar-refractivity contribution is 0.102. The molecule has 0 aromatic carbocycles. The Labute approximate surface area is 120 Å². The normalized spacial score (nSPS) is 10.1. The number of hydrogen-bond donors (Lipinski definition) is 2. The van der Waals surface area contributed by atoms with Gasteiger partial charge in [0.15, 0.2) is 0 Å². The first-order valence-corrected chi connectivity index (χ1v) is 6.49. The summed E-state index contributed by atoms with van der Waals surface area (Å²) in [5.74, 6) is 0.0689. The monoisotopic (exact) mass is 370 g/mol.